The van der Waals surface area contributed by atoms with E-state index < -0.39 is 23.1 Å². The number of methoxy groups -OCH3 is 2. The number of rotatable bonds is 7. The lowest BCUT2D eigenvalue weighted by molar-refractivity contribution is 0.0487. The summed E-state index contributed by atoms with van der Waals surface area (Å²) in [5.41, 5.74) is 13.5. The van der Waals surface area contributed by atoms with Crippen molar-refractivity contribution in [2.24, 2.45) is 0 Å². The number of hydrogen-bond donors (Lipinski definition) is 4. The van der Waals surface area contributed by atoms with Crippen LogP contribution in [0.1, 0.15) is 85.1 Å². The SMILES string of the molecule is COc1cc(Cc2cnc(N)nc2N)cc(C#Cc2ccc3c(=O)c(C(=O)O)cn([C@H]4CC[C@H](NC(=O)OC(C)(C)C)CC4)c3c2)c1OC. The van der Waals surface area contributed by atoms with Crippen LogP contribution in [0.25, 0.3) is 10.9 Å². The molecule has 6 N–H and O–H groups in total. The number of aromatic carboxylic acids is 1. The van der Waals surface area contributed by atoms with Crippen molar-refractivity contribution in [3.8, 4) is 23.3 Å². The van der Waals surface area contributed by atoms with Gasteiger partial charge in [0.05, 0.1) is 25.3 Å². The largest absolute Gasteiger partial charge is 0.493 e. The van der Waals surface area contributed by atoms with E-state index in [2.05, 4.69) is 27.1 Å². The normalized spacial score (nSPS) is 15.9. The number of nitrogens with zero attached hydrogens (tertiary/aromatic N) is 3. The highest BCUT2D eigenvalue weighted by molar-refractivity contribution is 5.93. The molecule has 0 bridgehead atoms. The lowest BCUT2D eigenvalue weighted by atomic mass is 9.90. The molecule has 1 aliphatic rings. The Morgan fingerprint density at radius 2 is 1.80 bits per heavy atom. The average Bonchev–Trinajstić information content (AvgIpc) is 3.04. The zero-order chi connectivity index (χ0) is 35.5. The molecule has 0 aliphatic heterocycles. The van der Waals surface area contributed by atoms with E-state index in [0.29, 0.717) is 65.8 Å². The van der Waals surface area contributed by atoms with Crippen molar-refractivity contribution in [2.45, 2.75) is 70.6 Å². The molecule has 1 aliphatic carbocycles. The van der Waals surface area contributed by atoms with Gasteiger partial charge in [0.1, 0.15) is 17.0 Å². The first kappa shape index (κ1) is 34.6. The Morgan fingerprint density at radius 3 is 2.43 bits per heavy atom. The third kappa shape index (κ3) is 8.03. The van der Waals surface area contributed by atoms with E-state index in [1.807, 2.05) is 37.5 Å². The van der Waals surface area contributed by atoms with Crippen molar-refractivity contribution in [2.75, 3.05) is 25.7 Å². The minimum atomic E-state index is -1.29. The molecule has 2 aromatic carbocycles. The average molecular weight is 669 g/mol. The van der Waals surface area contributed by atoms with Gasteiger partial charge in [-0.3, -0.25) is 4.79 Å². The predicted molar refractivity (Wildman–Crippen MR) is 185 cm³/mol. The Morgan fingerprint density at radius 1 is 1.06 bits per heavy atom. The third-order valence-electron chi connectivity index (χ3n) is 8.27. The number of nitrogens with two attached hydrogens (primary N) is 2. The molecular weight excluding hydrogens is 628 g/mol. The summed E-state index contributed by atoms with van der Waals surface area (Å²) in [4.78, 5) is 45.7. The quantitative estimate of drug-likeness (QED) is 0.200. The lowest BCUT2D eigenvalue weighted by Gasteiger charge is -2.32. The first-order valence-corrected chi connectivity index (χ1v) is 15.8. The van der Waals surface area contributed by atoms with Crippen LogP contribution in [0.3, 0.4) is 0 Å². The molecule has 2 heterocycles. The fourth-order valence-corrected chi connectivity index (χ4v) is 6.00. The van der Waals surface area contributed by atoms with E-state index in [1.165, 1.54) is 20.4 Å². The van der Waals surface area contributed by atoms with Crippen LogP contribution < -0.4 is 31.7 Å². The minimum absolute atomic E-state index is 0.0798. The smallest absolute Gasteiger partial charge is 0.407 e. The Hall–Kier alpha value is -5.77. The summed E-state index contributed by atoms with van der Waals surface area (Å²) < 4.78 is 18.5. The molecule has 256 valence electrons. The van der Waals surface area contributed by atoms with Gasteiger partial charge in [-0.15, -0.1) is 0 Å². The monoisotopic (exact) mass is 668 g/mol. The maximum Gasteiger partial charge on any atom is 0.407 e. The van der Waals surface area contributed by atoms with Gasteiger partial charge in [-0.25, -0.2) is 14.6 Å². The number of benzene rings is 2. The predicted octanol–water partition coefficient (Wildman–Crippen LogP) is 4.67. The summed E-state index contributed by atoms with van der Waals surface area (Å²) >= 11 is 0. The van der Waals surface area contributed by atoms with Gasteiger partial charge in [-0.05, 0) is 82.3 Å². The van der Waals surface area contributed by atoms with Gasteiger partial charge >= 0.3 is 12.1 Å². The van der Waals surface area contributed by atoms with E-state index in [-0.39, 0.29) is 34.8 Å². The summed E-state index contributed by atoms with van der Waals surface area (Å²) in [7, 11) is 3.07. The standard InChI is InChI=1S/C36H40N6O7/c1-36(2,3)49-35(46)40-24-9-11-25(12-10-24)42-19-27(33(44)45)30(43)26-13-7-20(16-28(26)42)6-8-22-14-21(17-29(47-4)31(22)48-5)15-23-18-39-34(38)41-32(23)37/h7,13-14,16-19,24-25H,9-12,15H2,1-5H3,(H,40,46)(H,44,45)(H4,37,38,39,41)/t24-,25-. The Balaban J connectivity index is 1.49. The molecule has 0 unspecified atom stereocenters. The number of hydrogen-bond acceptors (Lipinski definition) is 10. The first-order valence-electron chi connectivity index (χ1n) is 15.8. The molecule has 4 aromatic rings. The number of fused-ring (bicyclic) bond motifs is 1. The van der Waals surface area contributed by atoms with Crippen molar-refractivity contribution < 1.29 is 28.9 Å². The number of anilines is 2. The Kier molecular flexibility index (Phi) is 9.98. The number of carbonyl (C=O) groups is 2. The van der Waals surface area contributed by atoms with Gasteiger partial charge in [0.15, 0.2) is 11.5 Å². The van der Waals surface area contributed by atoms with Crippen LogP contribution in [-0.2, 0) is 11.2 Å². The summed E-state index contributed by atoms with van der Waals surface area (Å²) in [6, 6.07) is 8.60. The van der Waals surface area contributed by atoms with Crippen molar-refractivity contribution >= 4 is 34.7 Å². The van der Waals surface area contributed by atoms with Crippen LogP contribution in [0.4, 0.5) is 16.6 Å². The lowest BCUT2D eigenvalue weighted by Crippen LogP contribution is -2.41. The number of carboxylic acids is 1. The van der Waals surface area contributed by atoms with E-state index in [1.54, 1.807) is 24.4 Å². The number of carboxylic acid groups (broad SMARTS) is 1. The number of aromatic nitrogens is 3. The zero-order valence-electron chi connectivity index (χ0n) is 28.1. The molecule has 0 atom stereocenters. The number of nitrogens with one attached hydrogen (secondary N) is 1. The maximum atomic E-state index is 13.2. The molecule has 1 saturated carbocycles. The molecule has 5 rings (SSSR count). The van der Waals surface area contributed by atoms with Gasteiger partial charge in [-0.1, -0.05) is 11.8 Å². The first-order chi connectivity index (χ1) is 23.3. The molecule has 0 saturated heterocycles. The summed E-state index contributed by atoms with van der Waals surface area (Å²) in [5, 5.41) is 13.1. The molecule has 1 fully saturated rings. The van der Waals surface area contributed by atoms with Crippen LogP contribution in [0.15, 0.2) is 47.5 Å². The van der Waals surface area contributed by atoms with Gasteiger partial charge in [-0.2, -0.15) is 4.98 Å². The second kappa shape index (κ2) is 14.1. The van der Waals surface area contributed by atoms with Crippen LogP contribution in [0.5, 0.6) is 11.5 Å². The molecule has 49 heavy (non-hydrogen) atoms. The second-order valence-electron chi connectivity index (χ2n) is 12.9. The Labute approximate surface area is 283 Å². The van der Waals surface area contributed by atoms with Crippen molar-refractivity contribution in [3.63, 3.8) is 0 Å². The van der Waals surface area contributed by atoms with Gasteiger partial charge in [0.2, 0.25) is 11.4 Å². The van der Waals surface area contributed by atoms with Crippen molar-refractivity contribution in [3.05, 3.63) is 80.8 Å². The van der Waals surface area contributed by atoms with E-state index in [0.717, 1.165) is 5.56 Å². The van der Waals surface area contributed by atoms with E-state index >= 15 is 0 Å². The molecule has 13 heteroatoms. The van der Waals surface area contributed by atoms with Gasteiger partial charge < -0.3 is 40.7 Å². The van der Waals surface area contributed by atoms with Crippen molar-refractivity contribution in [1.29, 1.82) is 0 Å². The summed E-state index contributed by atoms with van der Waals surface area (Å²) in [6.07, 6.45) is 5.54. The molecule has 2 aromatic heterocycles. The Bertz CT molecular complexity index is 2030. The second-order valence-corrected chi connectivity index (χ2v) is 12.9. The van der Waals surface area contributed by atoms with Crippen LogP contribution in [0.2, 0.25) is 0 Å². The third-order valence-corrected chi connectivity index (χ3v) is 8.27. The van der Waals surface area contributed by atoms with E-state index in [9.17, 15) is 19.5 Å². The van der Waals surface area contributed by atoms with Gasteiger partial charge in [0.25, 0.3) is 0 Å². The fraction of sp³-hybridized carbons (Fsp3) is 0.361. The number of pyridine rings is 1. The molecule has 13 nitrogen and oxygen atoms in total. The van der Waals surface area contributed by atoms with E-state index in [4.69, 9.17) is 25.7 Å². The highest BCUT2D eigenvalue weighted by atomic mass is 16.6. The zero-order valence-corrected chi connectivity index (χ0v) is 28.1. The molecule has 1 amide bonds. The topological polar surface area (TPSA) is 194 Å². The number of nitrogen functional groups attached to an aromatic ring is 2. The number of amides is 1. The highest BCUT2D eigenvalue weighted by Crippen LogP contribution is 2.34. The number of ether oxygens (including phenoxy) is 3. The number of alkyl carbamates (subject to hydrolysis) is 1. The molecular formula is C36H40N6O7. The minimum Gasteiger partial charge on any atom is -0.493 e. The van der Waals surface area contributed by atoms with Crippen LogP contribution >= 0.6 is 0 Å². The van der Waals surface area contributed by atoms with Crippen molar-refractivity contribution in [1.82, 2.24) is 19.9 Å². The fourth-order valence-electron chi connectivity index (χ4n) is 6.00. The van der Waals surface area contributed by atoms with Crippen LogP contribution in [0, 0.1) is 11.8 Å². The summed E-state index contributed by atoms with van der Waals surface area (Å²) in [6.45, 7) is 5.43. The molecule has 0 spiro atoms. The highest BCUT2D eigenvalue weighted by Gasteiger charge is 2.27. The van der Waals surface area contributed by atoms with Crippen LogP contribution in [-0.4, -0.2) is 57.6 Å². The number of carbonyl (C=O) groups excluding carboxylic acids is 1. The summed E-state index contributed by atoms with van der Waals surface area (Å²) in [5.74, 6) is 6.35. The molecule has 0 radical (unpaired) electrons. The van der Waals surface area contributed by atoms with Gasteiger partial charge in [0, 0.05) is 47.4 Å². The maximum absolute atomic E-state index is 13.2.